The molecule has 0 nitrogen and oxygen atoms in total. The number of allylic oxidation sites excluding steroid dienone is 2. The molecular formula is C9H18. The van der Waals surface area contributed by atoms with Crippen molar-refractivity contribution < 1.29 is 0 Å². The fourth-order valence-corrected chi connectivity index (χ4v) is 0.427. The topological polar surface area (TPSA) is 0 Å². The first-order valence-corrected chi connectivity index (χ1v) is 3.40. The van der Waals surface area contributed by atoms with E-state index >= 15 is 0 Å². The first kappa shape index (κ1) is 11.3. The molecule has 0 amide bonds. The summed E-state index contributed by atoms with van der Waals surface area (Å²) in [6, 6.07) is 0. The lowest BCUT2D eigenvalue weighted by Crippen LogP contribution is -1.66. The van der Waals surface area contributed by atoms with Crippen molar-refractivity contribution in [2.45, 2.75) is 33.6 Å². The van der Waals surface area contributed by atoms with Crippen LogP contribution in [0.3, 0.4) is 0 Å². The van der Waals surface area contributed by atoms with E-state index < -0.39 is 0 Å². The van der Waals surface area contributed by atoms with Crippen LogP contribution in [-0.2, 0) is 0 Å². The highest BCUT2D eigenvalue weighted by atomic mass is 13.8. The molecule has 0 saturated heterocycles. The van der Waals surface area contributed by atoms with Gasteiger partial charge in [-0.3, -0.25) is 0 Å². The molecule has 0 aliphatic rings. The van der Waals surface area contributed by atoms with E-state index in [0.717, 1.165) is 0 Å². The largest absolute Gasteiger partial charge is 0.103 e. The lowest BCUT2D eigenvalue weighted by atomic mass is 10.2. The van der Waals surface area contributed by atoms with Gasteiger partial charge in [0.1, 0.15) is 0 Å². The molecule has 54 valence electrons. The first-order valence-electron chi connectivity index (χ1n) is 3.40. The van der Waals surface area contributed by atoms with E-state index in [9.17, 15) is 0 Å². The zero-order valence-electron chi connectivity index (χ0n) is 6.91. The van der Waals surface area contributed by atoms with E-state index in [2.05, 4.69) is 27.0 Å². The summed E-state index contributed by atoms with van der Waals surface area (Å²) >= 11 is 0. The summed E-state index contributed by atoms with van der Waals surface area (Å²) < 4.78 is 0. The lowest BCUT2D eigenvalue weighted by Gasteiger charge is -1.87. The fraction of sp³-hybridized carbons (Fsp3) is 0.556. The van der Waals surface area contributed by atoms with Crippen molar-refractivity contribution in [2.75, 3.05) is 0 Å². The third kappa shape index (κ3) is 36.5. The number of rotatable bonds is 2. The third-order valence-electron chi connectivity index (χ3n) is 0.677. The Kier molecular flexibility index (Phi) is 13.1. The van der Waals surface area contributed by atoms with Crippen LogP contribution in [-0.4, -0.2) is 0 Å². The van der Waals surface area contributed by atoms with Gasteiger partial charge in [-0.15, -0.1) is 13.2 Å². The van der Waals surface area contributed by atoms with E-state index in [1.807, 2.05) is 6.92 Å². The average Bonchev–Trinajstić information content (AvgIpc) is 1.67. The molecule has 0 radical (unpaired) electrons. The van der Waals surface area contributed by atoms with Crippen molar-refractivity contribution >= 4 is 0 Å². The Morgan fingerprint density at radius 2 is 1.89 bits per heavy atom. The summed E-state index contributed by atoms with van der Waals surface area (Å²) in [6.07, 6.45) is 4.16. The quantitative estimate of drug-likeness (QED) is 0.496. The fourth-order valence-electron chi connectivity index (χ4n) is 0.427. The molecule has 9 heavy (non-hydrogen) atoms. The van der Waals surface area contributed by atoms with Gasteiger partial charge in [0.25, 0.3) is 0 Å². The molecule has 0 saturated carbocycles. The molecule has 0 heteroatoms. The van der Waals surface area contributed by atoms with Crippen LogP contribution < -0.4 is 0 Å². The van der Waals surface area contributed by atoms with Crippen molar-refractivity contribution in [1.82, 2.24) is 0 Å². The van der Waals surface area contributed by atoms with Crippen LogP contribution in [0.25, 0.3) is 0 Å². The summed E-state index contributed by atoms with van der Waals surface area (Å²) in [7, 11) is 0. The minimum atomic E-state index is 1.18. The Hall–Kier alpha value is -0.520. The zero-order valence-corrected chi connectivity index (χ0v) is 6.91. The Balaban J connectivity index is 0. The molecule has 0 bridgehead atoms. The molecule has 0 unspecified atom stereocenters. The van der Waals surface area contributed by atoms with Crippen molar-refractivity contribution in [3.63, 3.8) is 0 Å². The standard InChI is InChI=1S/C6H12.C3H6/c1-4-5-6(2)3;1-3-2/h2,4-5H2,1,3H3;3H,1H2,2H3. The Morgan fingerprint density at radius 1 is 1.56 bits per heavy atom. The van der Waals surface area contributed by atoms with Gasteiger partial charge in [-0.05, 0) is 20.3 Å². The lowest BCUT2D eigenvalue weighted by molar-refractivity contribution is 0.910. The predicted octanol–water partition coefficient (Wildman–Crippen LogP) is 3.55. The van der Waals surface area contributed by atoms with Crippen LogP contribution in [0.5, 0.6) is 0 Å². The number of hydrogen-bond acceptors (Lipinski definition) is 0. The van der Waals surface area contributed by atoms with Crippen molar-refractivity contribution in [2.24, 2.45) is 0 Å². The molecule has 0 aromatic rings. The Bertz CT molecular complexity index is 70.1. The van der Waals surface area contributed by atoms with Gasteiger partial charge in [0, 0.05) is 0 Å². The molecule has 0 aromatic carbocycles. The summed E-state index contributed by atoms with van der Waals surface area (Å²) in [5, 5.41) is 0. The molecule has 0 rings (SSSR count). The van der Waals surface area contributed by atoms with Crippen molar-refractivity contribution in [3.05, 3.63) is 24.8 Å². The van der Waals surface area contributed by atoms with Gasteiger partial charge < -0.3 is 0 Å². The summed E-state index contributed by atoms with van der Waals surface area (Å²) in [6.45, 7) is 13.2. The first-order chi connectivity index (χ1) is 4.18. The maximum absolute atomic E-state index is 3.74. The highest BCUT2D eigenvalue weighted by Gasteiger charge is 1.76. The number of hydrogen-bond donors (Lipinski definition) is 0. The molecule has 0 aromatic heterocycles. The SMILES string of the molecule is C=C(C)CCC.C=CC. The third-order valence-corrected chi connectivity index (χ3v) is 0.677. The molecule has 0 atom stereocenters. The second kappa shape index (κ2) is 10.5. The van der Waals surface area contributed by atoms with Gasteiger partial charge in [-0.1, -0.05) is 25.0 Å². The van der Waals surface area contributed by atoms with E-state index in [1.165, 1.54) is 18.4 Å². The Morgan fingerprint density at radius 3 is 1.89 bits per heavy atom. The van der Waals surface area contributed by atoms with Gasteiger partial charge in [-0.25, -0.2) is 0 Å². The molecule has 0 spiro atoms. The monoisotopic (exact) mass is 126 g/mol. The zero-order chi connectivity index (χ0) is 7.70. The van der Waals surface area contributed by atoms with Crippen LogP contribution >= 0.6 is 0 Å². The van der Waals surface area contributed by atoms with Gasteiger partial charge in [0.05, 0.1) is 0 Å². The van der Waals surface area contributed by atoms with Crippen molar-refractivity contribution in [1.29, 1.82) is 0 Å². The Labute approximate surface area is 59.3 Å². The van der Waals surface area contributed by atoms with E-state index in [1.54, 1.807) is 6.08 Å². The second-order valence-corrected chi connectivity index (χ2v) is 2.12. The minimum Gasteiger partial charge on any atom is -0.103 e. The molecule has 0 fully saturated rings. The highest BCUT2D eigenvalue weighted by Crippen LogP contribution is 1.96. The second-order valence-electron chi connectivity index (χ2n) is 2.12. The van der Waals surface area contributed by atoms with Gasteiger partial charge in [-0.2, -0.15) is 0 Å². The highest BCUT2D eigenvalue weighted by molar-refractivity contribution is 4.86. The molecule has 0 aliphatic heterocycles. The predicted molar refractivity (Wildman–Crippen MR) is 45.6 cm³/mol. The normalized spacial score (nSPS) is 7.00. The van der Waals surface area contributed by atoms with Crippen LogP contribution in [0.1, 0.15) is 33.6 Å². The van der Waals surface area contributed by atoms with Crippen LogP contribution in [0.2, 0.25) is 0 Å². The van der Waals surface area contributed by atoms with Gasteiger partial charge >= 0.3 is 0 Å². The van der Waals surface area contributed by atoms with Crippen LogP contribution in [0.15, 0.2) is 24.8 Å². The molecule has 0 N–H and O–H groups in total. The molecule has 0 heterocycles. The van der Waals surface area contributed by atoms with Crippen LogP contribution in [0, 0.1) is 0 Å². The average molecular weight is 126 g/mol. The minimum absolute atomic E-state index is 1.18. The molecular weight excluding hydrogens is 108 g/mol. The maximum atomic E-state index is 3.74. The summed E-state index contributed by atoms with van der Waals surface area (Å²) in [5.41, 5.74) is 1.29. The smallest absolute Gasteiger partial charge is 0.0328 e. The van der Waals surface area contributed by atoms with Crippen LogP contribution in [0.4, 0.5) is 0 Å². The van der Waals surface area contributed by atoms with E-state index in [0.29, 0.717) is 0 Å². The van der Waals surface area contributed by atoms with Gasteiger partial charge in [0.15, 0.2) is 0 Å². The van der Waals surface area contributed by atoms with Crippen molar-refractivity contribution in [3.8, 4) is 0 Å². The summed E-state index contributed by atoms with van der Waals surface area (Å²) in [5.74, 6) is 0. The van der Waals surface area contributed by atoms with Gasteiger partial charge in [0.2, 0.25) is 0 Å². The maximum Gasteiger partial charge on any atom is -0.0328 e. The summed E-state index contributed by atoms with van der Waals surface area (Å²) in [4.78, 5) is 0. The van der Waals surface area contributed by atoms with E-state index in [4.69, 9.17) is 0 Å². The van der Waals surface area contributed by atoms with E-state index in [-0.39, 0.29) is 0 Å². The molecule has 0 aliphatic carbocycles.